The number of pyridine rings is 1. The summed E-state index contributed by atoms with van der Waals surface area (Å²) < 4.78 is 0. The van der Waals surface area contributed by atoms with Crippen LogP contribution >= 0.6 is 0 Å². The van der Waals surface area contributed by atoms with E-state index in [4.69, 9.17) is 9.94 Å². The van der Waals surface area contributed by atoms with Gasteiger partial charge < -0.3 is 5.11 Å². The average molecular weight is 206 g/mol. The molecular weight excluding hydrogens is 192 g/mol. The largest absolute Gasteiger partial charge is 0.393 e. The first-order valence-electron chi connectivity index (χ1n) is 4.97. The number of rotatable bonds is 2. The van der Waals surface area contributed by atoms with Crippen LogP contribution in [0, 0.1) is 0 Å². The minimum absolute atomic E-state index is 0.0213. The molecule has 0 radical (unpaired) electrons. The molecule has 0 spiro atoms. The molecule has 0 fully saturated rings. The first-order chi connectivity index (χ1) is 7.31. The lowest BCUT2D eigenvalue weighted by molar-refractivity contribution is 0.00960. The minimum atomic E-state index is -0.275. The molecule has 1 aromatic rings. The molecule has 0 bridgehead atoms. The molecule has 0 aliphatic carbocycles. The Morgan fingerprint density at radius 3 is 3.00 bits per heavy atom. The van der Waals surface area contributed by atoms with E-state index >= 15 is 0 Å². The molecule has 0 saturated carbocycles. The zero-order valence-electron chi connectivity index (χ0n) is 8.58. The molecule has 1 aliphatic rings. The van der Waals surface area contributed by atoms with Crippen molar-refractivity contribution < 1.29 is 9.94 Å². The summed E-state index contributed by atoms with van der Waals surface area (Å²) in [6, 6.07) is 5.77. The molecule has 1 N–H and O–H groups in total. The van der Waals surface area contributed by atoms with Crippen molar-refractivity contribution in [2.45, 2.75) is 19.1 Å². The van der Waals surface area contributed by atoms with Gasteiger partial charge in [-0.3, -0.25) is 4.84 Å². The van der Waals surface area contributed by atoms with Gasteiger partial charge in [-0.25, -0.2) is 10.0 Å². The molecule has 0 amide bonds. The molecule has 4 heteroatoms. The van der Waals surface area contributed by atoms with Crippen molar-refractivity contribution in [3.8, 4) is 0 Å². The lowest BCUT2D eigenvalue weighted by Crippen LogP contribution is -2.40. The van der Waals surface area contributed by atoms with Gasteiger partial charge in [0.1, 0.15) is 6.10 Å². The summed E-state index contributed by atoms with van der Waals surface area (Å²) in [6.45, 7) is 1.99. The number of nitrogens with zero attached hydrogens (tertiary/aromatic N) is 2. The Kier molecular flexibility index (Phi) is 2.99. The summed E-state index contributed by atoms with van der Waals surface area (Å²) in [7, 11) is 0. The summed E-state index contributed by atoms with van der Waals surface area (Å²) in [5.74, 6) is 0.757. The highest BCUT2D eigenvalue weighted by molar-refractivity contribution is 5.38. The Morgan fingerprint density at radius 1 is 1.47 bits per heavy atom. The van der Waals surface area contributed by atoms with Gasteiger partial charge in [0.25, 0.3) is 0 Å². The zero-order valence-corrected chi connectivity index (χ0v) is 8.58. The number of anilines is 1. The fourth-order valence-corrected chi connectivity index (χ4v) is 1.48. The highest BCUT2D eigenvalue weighted by Gasteiger charge is 2.22. The van der Waals surface area contributed by atoms with Crippen molar-refractivity contribution in [3.63, 3.8) is 0 Å². The third kappa shape index (κ3) is 2.16. The predicted octanol–water partition coefficient (Wildman–Crippen LogP) is 1.14. The maximum Gasteiger partial charge on any atom is 0.153 e. The van der Waals surface area contributed by atoms with Gasteiger partial charge >= 0.3 is 0 Å². The van der Waals surface area contributed by atoms with Gasteiger partial charge in [-0.05, 0) is 19.1 Å². The molecule has 2 rings (SSSR count). The van der Waals surface area contributed by atoms with E-state index in [1.54, 1.807) is 11.3 Å². The lowest BCUT2D eigenvalue weighted by atomic mass is 10.2. The molecule has 2 unspecified atom stereocenters. The van der Waals surface area contributed by atoms with Crippen LogP contribution < -0.4 is 5.06 Å². The van der Waals surface area contributed by atoms with Crippen molar-refractivity contribution in [3.05, 3.63) is 36.5 Å². The van der Waals surface area contributed by atoms with Crippen LogP contribution in [0.25, 0.3) is 0 Å². The number of aliphatic hydroxyl groups is 1. The lowest BCUT2D eigenvalue weighted by Gasteiger charge is -2.33. The van der Waals surface area contributed by atoms with Crippen LogP contribution in [0.3, 0.4) is 0 Å². The third-order valence-corrected chi connectivity index (χ3v) is 2.28. The molecule has 1 aliphatic heterocycles. The van der Waals surface area contributed by atoms with Crippen molar-refractivity contribution in [2.24, 2.45) is 0 Å². The van der Waals surface area contributed by atoms with Gasteiger partial charge in [0.05, 0.1) is 12.6 Å². The Balaban J connectivity index is 2.19. The van der Waals surface area contributed by atoms with Crippen molar-refractivity contribution in [2.75, 3.05) is 11.7 Å². The van der Waals surface area contributed by atoms with E-state index in [0.717, 1.165) is 5.82 Å². The second-order valence-electron chi connectivity index (χ2n) is 3.47. The Hall–Kier alpha value is -1.39. The van der Waals surface area contributed by atoms with Gasteiger partial charge in [-0.1, -0.05) is 18.2 Å². The molecule has 4 nitrogen and oxygen atoms in total. The van der Waals surface area contributed by atoms with Crippen LogP contribution in [0.5, 0.6) is 0 Å². The molecule has 1 aromatic heterocycles. The molecule has 2 heterocycles. The normalized spacial score (nSPS) is 25.6. The fraction of sp³-hybridized carbons (Fsp3) is 0.364. The number of hydrogen-bond acceptors (Lipinski definition) is 4. The van der Waals surface area contributed by atoms with Crippen LogP contribution in [-0.4, -0.2) is 28.8 Å². The van der Waals surface area contributed by atoms with Crippen LogP contribution in [-0.2, 0) is 4.84 Å². The summed E-state index contributed by atoms with van der Waals surface area (Å²) in [6.07, 6.45) is 5.31. The first kappa shape index (κ1) is 10.1. The third-order valence-electron chi connectivity index (χ3n) is 2.28. The van der Waals surface area contributed by atoms with Crippen LogP contribution in [0.1, 0.15) is 6.92 Å². The number of hydrogen-bond donors (Lipinski definition) is 1. The monoisotopic (exact) mass is 206 g/mol. The highest BCUT2D eigenvalue weighted by Crippen LogP contribution is 2.20. The Labute approximate surface area is 88.8 Å². The smallest absolute Gasteiger partial charge is 0.153 e. The summed E-state index contributed by atoms with van der Waals surface area (Å²) in [5.41, 5.74) is 0. The fourth-order valence-electron chi connectivity index (χ4n) is 1.48. The zero-order chi connectivity index (χ0) is 10.7. The van der Waals surface area contributed by atoms with Crippen molar-refractivity contribution in [1.82, 2.24) is 4.98 Å². The summed E-state index contributed by atoms with van der Waals surface area (Å²) in [4.78, 5) is 9.77. The first-order valence-corrected chi connectivity index (χ1v) is 4.97. The van der Waals surface area contributed by atoms with Gasteiger partial charge in [-0.2, -0.15) is 0 Å². The molecule has 0 aromatic carbocycles. The average Bonchev–Trinajstić information content (AvgIpc) is 2.31. The van der Waals surface area contributed by atoms with Crippen molar-refractivity contribution in [1.29, 1.82) is 0 Å². The van der Waals surface area contributed by atoms with E-state index in [1.807, 2.05) is 37.3 Å². The quantitative estimate of drug-likeness (QED) is 0.737. The Morgan fingerprint density at radius 2 is 2.33 bits per heavy atom. The topological polar surface area (TPSA) is 45.6 Å². The number of hydroxylamine groups is 1. The predicted molar refractivity (Wildman–Crippen MR) is 57.3 cm³/mol. The van der Waals surface area contributed by atoms with E-state index in [9.17, 15) is 0 Å². The molecule has 80 valence electrons. The number of aliphatic hydroxyl groups excluding tert-OH is 1. The number of aromatic nitrogens is 1. The van der Waals surface area contributed by atoms with Crippen LogP contribution in [0.4, 0.5) is 5.82 Å². The molecule has 15 heavy (non-hydrogen) atoms. The van der Waals surface area contributed by atoms with E-state index < -0.39 is 0 Å². The molecular formula is C11H14N2O2. The van der Waals surface area contributed by atoms with E-state index in [-0.39, 0.29) is 18.8 Å². The van der Waals surface area contributed by atoms with Gasteiger partial charge in [0.15, 0.2) is 5.82 Å². The summed E-state index contributed by atoms with van der Waals surface area (Å²) in [5, 5.41) is 10.7. The summed E-state index contributed by atoms with van der Waals surface area (Å²) >= 11 is 0. The van der Waals surface area contributed by atoms with Gasteiger partial charge in [-0.15, -0.1) is 0 Å². The SMILES string of the molecule is CC1C=CC(CO)ON1c1ccccn1. The van der Waals surface area contributed by atoms with Gasteiger partial charge in [0, 0.05) is 6.20 Å². The van der Waals surface area contributed by atoms with E-state index in [1.165, 1.54) is 0 Å². The second kappa shape index (κ2) is 4.42. The minimum Gasteiger partial charge on any atom is -0.393 e. The van der Waals surface area contributed by atoms with E-state index in [0.29, 0.717) is 0 Å². The Bertz CT molecular complexity index is 340. The molecule has 0 saturated heterocycles. The van der Waals surface area contributed by atoms with E-state index in [2.05, 4.69) is 4.98 Å². The van der Waals surface area contributed by atoms with Crippen LogP contribution in [0.2, 0.25) is 0 Å². The molecule has 2 atom stereocenters. The standard InChI is InChI=1S/C11H14N2O2/c1-9-5-6-10(8-14)15-13(9)11-4-2-3-7-12-11/h2-7,9-10,14H,8H2,1H3. The maximum absolute atomic E-state index is 9.02. The van der Waals surface area contributed by atoms with Gasteiger partial charge in [0.2, 0.25) is 0 Å². The van der Waals surface area contributed by atoms with Crippen LogP contribution in [0.15, 0.2) is 36.5 Å². The second-order valence-corrected chi connectivity index (χ2v) is 3.47. The maximum atomic E-state index is 9.02. The van der Waals surface area contributed by atoms with Crippen molar-refractivity contribution >= 4 is 5.82 Å². The highest BCUT2D eigenvalue weighted by atomic mass is 16.7.